The number of aryl methyl sites for hydroxylation is 2. The average molecular weight is 252 g/mol. The first-order valence-electron chi connectivity index (χ1n) is 4.97. The Morgan fingerprint density at radius 2 is 1.88 bits per heavy atom. The summed E-state index contributed by atoms with van der Waals surface area (Å²) in [6.45, 7) is 1.88. The lowest BCUT2D eigenvalue weighted by molar-refractivity contribution is 0.452. The molecule has 0 saturated heterocycles. The summed E-state index contributed by atoms with van der Waals surface area (Å²) < 4.78 is 30.2. The van der Waals surface area contributed by atoms with Crippen molar-refractivity contribution >= 4 is 10.1 Å². The molecule has 0 atom stereocenters. The molecule has 2 rings (SSSR count). The van der Waals surface area contributed by atoms with E-state index in [1.807, 2.05) is 6.92 Å². The number of nitrogens with zero attached hydrogens (tertiary/aromatic N) is 2. The first-order valence-corrected chi connectivity index (χ1v) is 6.38. The monoisotopic (exact) mass is 252 g/mol. The van der Waals surface area contributed by atoms with Crippen LogP contribution in [0.4, 0.5) is 0 Å². The van der Waals surface area contributed by atoms with Gasteiger partial charge in [0.1, 0.15) is 4.90 Å². The molecule has 1 heterocycles. The van der Waals surface area contributed by atoms with E-state index in [1.165, 1.54) is 22.9 Å². The highest BCUT2D eigenvalue weighted by molar-refractivity contribution is 7.87. The summed E-state index contributed by atoms with van der Waals surface area (Å²) in [6, 6.07) is 6.50. The van der Waals surface area contributed by atoms with Crippen LogP contribution in [0.2, 0.25) is 0 Å². The molecule has 0 spiro atoms. The molecule has 0 saturated carbocycles. The van der Waals surface area contributed by atoms with Gasteiger partial charge in [-0.1, -0.05) is 17.7 Å². The third-order valence-electron chi connectivity index (χ3n) is 2.27. The Balaban J connectivity index is 2.31. The Kier molecular flexibility index (Phi) is 2.89. The van der Waals surface area contributed by atoms with Crippen molar-refractivity contribution < 1.29 is 12.6 Å². The lowest BCUT2D eigenvalue weighted by atomic mass is 10.2. The third kappa shape index (κ3) is 2.47. The molecule has 1 aromatic heterocycles. The first kappa shape index (κ1) is 11.7. The van der Waals surface area contributed by atoms with Crippen molar-refractivity contribution in [2.24, 2.45) is 7.05 Å². The lowest BCUT2D eigenvalue weighted by Gasteiger charge is -2.06. The van der Waals surface area contributed by atoms with Crippen LogP contribution in [0.5, 0.6) is 6.01 Å². The van der Waals surface area contributed by atoms with Crippen molar-refractivity contribution in [3.8, 4) is 6.01 Å². The summed E-state index contributed by atoms with van der Waals surface area (Å²) in [5.41, 5.74) is 0.987. The quantitative estimate of drug-likeness (QED) is 0.777. The van der Waals surface area contributed by atoms with E-state index in [2.05, 4.69) is 4.98 Å². The molecule has 0 fully saturated rings. The second kappa shape index (κ2) is 4.21. The van der Waals surface area contributed by atoms with Crippen molar-refractivity contribution in [2.45, 2.75) is 11.8 Å². The number of hydrogen-bond acceptors (Lipinski definition) is 4. The minimum Gasteiger partial charge on any atom is -0.341 e. The van der Waals surface area contributed by atoms with Crippen LogP contribution in [-0.4, -0.2) is 18.0 Å². The van der Waals surface area contributed by atoms with Gasteiger partial charge in [-0.2, -0.15) is 8.42 Å². The van der Waals surface area contributed by atoms with Crippen LogP contribution in [0.25, 0.3) is 0 Å². The molecule has 0 bridgehead atoms. The Morgan fingerprint density at radius 1 is 1.24 bits per heavy atom. The minimum atomic E-state index is -3.81. The van der Waals surface area contributed by atoms with Gasteiger partial charge < -0.3 is 8.75 Å². The molecule has 0 aliphatic heterocycles. The average Bonchev–Trinajstić information content (AvgIpc) is 2.64. The van der Waals surface area contributed by atoms with Crippen LogP contribution in [-0.2, 0) is 17.2 Å². The molecule has 6 heteroatoms. The molecule has 0 amide bonds. The molecule has 17 heavy (non-hydrogen) atoms. The predicted octanol–water partition coefficient (Wildman–Crippen LogP) is 1.50. The van der Waals surface area contributed by atoms with Gasteiger partial charge in [-0.05, 0) is 19.1 Å². The van der Waals surface area contributed by atoms with Gasteiger partial charge in [0.25, 0.3) is 0 Å². The highest BCUT2D eigenvalue weighted by Gasteiger charge is 2.18. The maximum absolute atomic E-state index is 11.9. The molecule has 0 aliphatic rings. The Morgan fingerprint density at radius 3 is 2.41 bits per heavy atom. The van der Waals surface area contributed by atoms with Gasteiger partial charge >= 0.3 is 16.1 Å². The van der Waals surface area contributed by atoms with E-state index in [0.29, 0.717) is 0 Å². The zero-order valence-electron chi connectivity index (χ0n) is 9.49. The summed E-state index contributed by atoms with van der Waals surface area (Å²) >= 11 is 0. The van der Waals surface area contributed by atoms with E-state index in [9.17, 15) is 8.42 Å². The van der Waals surface area contributed by atoms with Crippen LogP contribution in [0.1, 0.15) is 5.56 Å². The number of imidazole rings is 1. The molecular weight excluding hydrogens is 240 g/mol. The van der Waals surface area contributed by atoms with E-state index in [4.69, 9.17) is 4.18 Å². The predicted molar refractivity (Wildman–Crippen MR) is 62.2 cm³/mol. The molecule has 90 valence electrons. The van der Waals surface area contributed by atoms with Gasteiger partial charge in [0.05, 0.1) is 0 Å². The number of hydrogen-bond donors (Lipinski definition) is 0. The summed E-state index contributed by atoms with van der Waals surface area (Å²) in [4.78, 5) is 3.92. The van der Waals surface area contributed by atoms with Gasteiger partial charge in [-0.15, -0.1) is 0 Å². The highest BCUT2D eigenvalue weighted by Crippen LogP contribution is 2.16. The van der Waals surface area contributed by atoms with Crippen LogP contribution in [0.3, 0.4) is 0 Å². The fraction of sp³-hybridized carbons (Fsp3) is 0.182. The minimum absolute atomic E-state index is 0.0468. The Bertz CT molecular complexity index is 614. The van der Waals surface area contributed by atoms with Crippen LogP contribution < -0.4 is 4.18 Å². The van der Waals surface area contributed by atoms with Gasteiger partial charge in [0.2, 0.25) is 0 Å². The summed E-state index contributed by atoms with van der Waals surface area (Å²) in [5, 5.41) is 0. The Hall–Kier alpha value is -1.82. The molecule has 0 N–H and O–H groups in total. The summed E-state index contributed by atoms with van der Waals surface area (Å²) in [7, 11) is -2.15. The smallest absolute Gasteiger partial charge is 0.341 e. The van der Waals surface area contributed by atoms with E-state index >= 15 is 0 Å². The molecule has 0 unspecified atom stereocenters. The van der Waals surface area contributed by atoms with E-state index in [-0.39, 0.29) is 10.9 Å². The first-order chi connectivity index (χ1) is 7.99. The SMILES string of the molecule is Cc1ccc(S(=O)(=O)Oc2nccn2C)cc1. The standard InChI is InChI=1S/C11H12N2O3S/c1-9-3-5-10(6-4-9)17(14,15)16-11-12-7-8-13(11)2/h3-8H,1-2H3. The van der Waals surface area contributed by atoms with Gasteiger partial charge in [0.15, 0.2) is 0 Å². The van der Waals surface area contributed by atoms with Crippen molar-refractivity contribution in [1.29, 1.82) is 0 Å². The zero-order chi connectivity index (χ0) is 12.5. The molecule has 0 radical (unpaired) electrons. The van der Waals surface area contributed by atoms with E-state index in [0.717, 1.165) is 5.56 Å². The van der Waals surface area contributed by atoms with Gasteiger partial charge in [-0.3, -0.25) is 0 Å². The van der Waals surface area contributed by atoms with E-state index < -0.39 is 10.1 Å². The number of aromatic nitrogens is 2. The highest BCUT2D eigenvalue weighted by atomic mass is 32.2. The number of rotatable bonds is 3. The molecule has 1 aromatic carbocycles. The second-order valence-corrected chi connectivity index (χ2v) is 5.22. The maximum Gasteiger partial charge on any atom is 0.341 e. The lowest BCUT2D eigenvalue weighted by Crippen LogP contribution is -2.12. The van der Waals surface area contributed by atoms with Crippen LogP contribution in [0, 0.1) is 6.92 Å². The normalized spacial score (nSPS) is 11.4. The van der Waals surface area contributed by atoms with Crippen LogP contribution in [0.15, 0.2) is 41.6 Å². The summed E-state index contributed by atoms with van der Waals surface area (Å²) in [6.07, 6.45) is 3.08. The zero-order valence-corrected chi connectivity index (χ0v) is 10.3. The molecule has 0 aliphatic carbocycles. The van der Waals surface area contributed by atoms with Gasteiger partial charge in [0, 0.05) is 19.4 Å². The Labute approximate surface area is 99.8 Å². The molecular formula is C11H12N2O3S. The van der Waals surface area contributed by atoms with Crippen molar-refractivity contribution in [3.05, 3.63) is 42.2 Å². The fourth-order valence-electron chi connectivity index (χ4n) is 1.28. The number of benzene rings is 1. The van der Waals surface area contributed by atoms with E-state index in [1.54, 1.807) is 25.4 Å². The van der Waals surface area contributed by atoms with Crippen LogP contribution >= 0.6 is 0 Å². The largest absolute Gasteiger partial charge is 0.341 e. The topological polar surface area (TPSA) is 61.2 Å². The molecule has 2 aromatic rings. The van der Waals surface area contributed by atoms with Crippen molar-refractivity contribution in [3.63, 3.8) is 0 Å². The third-order valence-corrected chi connectivity index (χ3v) is 3.49. The van der Waals surface area contributed by atoms with Crippen molar-refractivity contribution in [1.82, 2.24) is 9.55 Å². The van der Waals surface area contributed by atoms with Crippen molar-refractivity contribution in [2.75, 3.05) is 0 Å². The molecule has 5 nitrogen and oxygen atoms in total. The van der Waals surface area contributed by atoms with Gasteiger partial charge in [-0.25, -0.2) is 4.98 Å². The fourth-order valence-corrected chi connectivity index (χ4v) is 2.21. The second-order valence-electron chi connectivity index (χ2n) is 3.67. The summed E-state index contributed by atoms with van der Waals surface area (Å²) in [5.74, 6) is 0. The maximum atomic E-state index is 11.9.